The molecule has 5 nitrogen and oxygen atoms in total. The van der Waals surface area contributed by atoms with Crippen LogP contribution in [0.25, 0.3) is 0 Å². The average molecular weight is 484 g/mol. The molecule has 7 heteroatoms. The summed E-state index contributed by atoms with van der Waals surface area (Å²) in [5, 5.41) is 0. The van der Waals surface area contributed by atoms with E-state index >= 15 is 0 Å². The maximum Gasteiger partial charge on any atom is 0.276 e. The van der Waals surface area contributed by atoms with Crippen LogP contribution in [0.15, 0.2) is 51.4 Å². The number of nitrogens with one attached hydrogen (secondary N) is 2. The Balaban J connectivity index is 1.87. The molecule has 2 aromatic carbocycles. The van der Waals surface area contributed by atoms with E-state index in [2.05, 4.69) is 63.5 Å². The molecule has 0 aliphatic heterocycles. The number of hydrazine groups is 1. The van der Waals surface area contributed by atoms with Crippen molar-refractivity contribution in [3.8, 4) is 5.75 Å². The molecule has 0 spiro atoms. The van der Waals surface area contributed by atoms with Gasteiger partial charge in [0.1, 0.15) is 5.75 Å². The molecule has 0 aliphatic rings. The predicted molar refractivity (Wildman–Crippen MR) is 108 cm³/mol. The molecule has 2 rings (SSSR count). The Morgan fingerprint density at radius 1 is 1.00 bits per heavy atom. The molecule has 0 saturated carbocycles. The fraction of sp³-hybridized carbons (Fsp3) is 0.263. The predicted octanol–water partition coefficient (Wildman–Crippen LogP) is 4.35. The van der Waals surface area contributed by atoms with E-state index < -0.39 is 11.8 Å². The fourth-order valence-corrected chi connectivity index (χ4v) is 3.06. The van der Waals surface area contributed by atoms with E-state index in [0.29, 0.717) is 15.8 Å². The minimum absolute atomic E-state index is 0.0222. The number of amides is 2. The Hall–Kier alpha value is -1.86. The molecule has 0 aliphatic carbocycles. The number of rotatable bonds is 4. The van der Waals surface area contributed by atoms with Crippen molar-refractivity contribution in [3.05, 3.63) is 62.5 Å². The second-order valence-corrected chi connectivity index (χ2v) is 8.37. The van der Waals surface area contributed by atoms with Gasteiger partial charge in [-0.15, -0.1) is 0 Å². The maximum atomic E-state index is 12.0. The van der Waals surface area contributed by atoms with Gasteiger partial charge in [0.15, 0.2) is 6.61 Å². The molecule has 26 heavy (non-hydrogen) atoms. The monoisotopic (exact) mass is 482 g/mol. The lowest BCUT2D eigenvalue weighted by Gasteiger charge is -2.20. The van der Waals surface area contributed by atoms with Crippen molar-refractivity contribution in [2.45, 2.75) is 26.2 Å². The zero-order valence-electron chi connectivity index (χ0n) is 14.7. The number of benzene rings is 2. The third-order valence-corrected chi connectivity index (χ3v) is 4.90. The first-order valence-electron chi connectivity index (χ1n) is 7.95. The highest BCUT2D eigenvalue weighted by molar-refractivity contribution is 9.10. The molecule has 0 fully saturated rings. The van der Waals surface area contributed by atoms with Gasteiger partial charge in [0.2, 0.25) is 0 Å². The summed E-state index contributed by atoms with van der Waals surface area (Å²) in [4.78, 5) is 23.9. The van der Waals surface area contributed by atoms with Gasteiger partial charge in [-0.25, -0.2) is 0 Å². The van der Waals surface area contributed by atoms with Crippen LogP contribution >= 0.6 is 31.9 Å². The quantitative estimate of drug-likeness (QED) is 0.635. The molecule has 0 bridgehead atoms. The van der Waals surface area contributed by atoms with Gasteiger partial charge in [-0.1, -0.05) is 39.0 Å². The van der Waals surface area contributed by atoms with Crippen LogP contribution in [-0.4, -0.2) is 18.4 Å². The molecule has 0 atom stereocenters. The smallest absolute Gasteiger partial charge is 0.276 e. The second kappa shape index (κ2) is 8.68. The molecular weight excluding hydrogens is 464 g/mol. The number of carbonyl (C=O) groups is 2. The fourth-order valence-electron chi connectivity index (χ4n) is 2.10. The van der Waals surface area contributed by atoms with Gasteiger partial charge in [0.25, 0.3) is 11.8 Å². The number of carbonyl (C=O) groups excluding carboxylic acids is 2. The summed E-state index contributed by atoms with van der Waals surface area (Å²) in [6, 6.07) is 12.7. The van der Waals surface area contributed by atoms with E-state index in [1.54, 1.807) is 24.3 Å². The molecule has 0 radical (unpaired) electrons. The lowest BCUT2D eigenvalue weighted by atomic mass is 9.87. The summed E-state index contributed by atoms with van der Waals surface area (Å²) in [6.45, 7) is 6.15. The van der Waals surface area contributed by atoms with Gasteiger partial charge in [-0.3, -0.25) is 20.4 Å². The first-order chi connectivity index (χ1) is 12.2. The van der Waals surface area contributed by atoms with E-state index in [1.165, 1.54) is 0 Å². The van der Waals surface area contributed by atoms with Crippen LogP contribution in [0.5, 0.6) is 5.75 Å². The van der Waals surface area contributed by atoms with Crippen molar-refractivity contribution in [1.29, 1.82) is 0 Å². The zero-order chi connectivity index (χ0) is 19.3. The Morgan fingerprint density at radius 2 is 1.69 bits per heavy atom. The molecule has 2 aromatic rings. The third-order valence-electron chi connectivity index (χ3n) is 3.59. The van der Waals surface area contributed by atoms with Crippen molar-refractivity contribution >= 4 is 43.7 Å². The lowest BCUT2D eigenvalue weighted by Crippen LogP contribution is -2.43. The summed E-state index contributed by atoms with van der Waals surface area (Å²) in [5.41, 5.74) is 6.30. The maximum absolute atomic E-state index is 12.0. The van der Waals surface area contributed by atoms with Crippen molar-refractivity contribution < 1.29 is 14.3 Å². The van der Waals surface area contributed by atoms with Crippen LogP contribution in [0.2, 0.25) is 0 Å². The van der Waals surface area contributed by atoms with Crippen LogP contribution in [0.4, 0.5) is 0 Å². The summed E-state index contributed by atoms with van der Waals surface area (Å²) in [6.07, 6.45) is 0. The van der Waals surface area contributed by atoms with E-state index in [-0.39, 0.29) is 12.0 Å². The SMILES string of the molecule is CC(C)(C)c1ccc(OCC(=O)NNC(=O)c2ccccc2Br)c(Br)c1. The second-order valence-electron chi connectivity index (χ2n) is 6.67. The number of hydrogen-bond acceptors (Lipinski definition) is 3. The molecule has 138 valence electrons. The van der Waals surface area contributed by atoms with Crippen molar-refractivity contribution in [2.24, 2.45) is 0 Å². The van der Waals surface area contributed by atoms with Gasteiger partial charge in [-0.2, -0.15) is 0 Å². The number of ether oxygens (including phenoxy) is 1. The van der Waals surface area contributed by atoms with Crippen molar-refractivity contribution in [1.82, 2.24) is 10.9 Å². The topological polar surface area (TPSA) is 67.4 Å². The number of hydrogen-bond donors (Lipinski definition) is 2. The summed E-state index contributed by atoms with van der Waals surface area (Å²) < 4.78 is 6.93. The van der Waals surface area contributed by atoms with E-state index in [9.17, 15) is 9.59 Å². The van der Waals surface area contributed by atoms with Crippen LogP contribution in [0.3, 0.4) is 0 Å². The summed E-state index contributed by atoms with van der Waals surface area (Å²) >= 11 is 6.75. The molecule has 0 aromatic heterocycles. The highest BCUT2D eigenvalue weighted by atomic mass is 79.9. The normalized spacial score (nSPS) is 11.0. The minimum Gasteiger partial charge on any atom is -0.483 e. The lowest BCUT2D eigenvalue weighted by molar-refractivity contribution is -0.123. The molecule has 0 unspecified atom stereocenters. The Morgan fingerprint density at radius 3 is 2.31 bits per heavy atom. The van der Waals surface area contributed by atoms with Gasteiger partial charge >= 0.3 is 0 Å². The van der Waals surface area contributed by atoms with Gasteiger partial charge < -0.3 is 4.74 Å². The van der Waals surface area contributed by atoms with Crippen LogP contribution in [0.1, 0.15) is 36.7 Å². The number of halogens is 2. The van der Waals surface area contributed by atoms with Crippen LogP contribution in [-0.2, 0) is 10.2 Å². The van der Waals surface area contributed by atoms with Crippen LogP contribution in [0, 0.1) is 0 Å². The molecule has 0 saturated heterocycles. The summed E-state index contributed by atoms with van der Waals surface area (Å²) in [7, 11) is 0. The first-order valence-corrected chi connectivity index (χ1v) is 9.53. The van der Waals surface area contributed by atoms with E-state index in [0.717, 1.165) is 10.0 Å². The summed E-state index contributed by atoms with van der Waals surface area (Å²) in [5.74, 6) is -0.316. The van der Waals surface area contributed by atoms with Crippen LogP contribution < -0.4 is 15.6 Å². The standard InChI is InChI=1S/C19H20Br2N2O3/c1-19(2,3)12-8-9-16(15(21)10-12)26-11-17(24)22-23-18(25)13-6-4-5-7-14(13)20/h4-10H,11H2,1-3H3,(H,22,24)(H,23,25). The van der Waals surface area contributed by atoms with Gasteiger partial charge in [0.05, 0.1) is 10.0 Å². The highest BCUT2D eigenvalue weighted by Crippen LogP contribution is 2.31. The average Bonchev–Trinajstić information content (AvgIpc) is 2.58. The molecule has 2 N–H and O–H groups in total. The van der Waals surface area contributed by atoms with Crippen molar-refractivity contribution in [3.63, 3.8) is 0 Å². The van der Waals surface area contributed by atoms with Gasteiger partial charge in [0, 0.05) is 4.47 Å². The van der Waals surface area contributed by atoms with E-state index in [1.807, 2.05) is 18.2 Å². The third kappa shape index (κ3) is 5.57. The van der Waals surface area contributed by atoms with Crippen molar-refractivity contribution in [2.75, 3.05) is 6.61 Å². The minimum atomic E-state index is -0.461. The zero-order valence-corrected chi connectivity index (χ0v) is 17.9. The van der Waals surface area contributed by atoms with E-state index in [4.69, 9.17) is 4.74 Å². The first kappa shape index (κ1) is 20.5. The molecule has 0 heterocycles. The Bertz CT molecular complexity index is 817. The highest BCUT2D eigenvalue weighted by Gasteiger charge is 2.16. The largest absolute Gasteiger partial charge is 0.483 e. The Labute approximate surface area is 169 Å². The van der Waals surface area contributed by atoms with Gasteiger partial charge in [-0.05, 0) is 67.1 Å². The molecule has 2 amide bonds. The molecular formula is C19H20Br2N2O3. The Kier molecular flexibility index (Phi) is 6.83.